The summed E-state index contributed by atoms with van der Waals surface area (Å²) in [5.41, 5.74) is 2.41. The van der Waals surface area contributed by atoms with Crippen molar-refractivity contribution in [1.29, 1.82) is 0 Å². The minimum Gasteiger partial charge on any atom is -0.494 e. The van der Waals surface area contributed by atoms with E-state index in [1.807, 2.05) is 31.2 Å². The van der Waals surface area contributed by atoms with Crippen LogP contribution in [0.3, 0.4) is 0 Å². The van der Waals surface area contributed by atoms with E-state index in [0.29, 0.717) is 23.6 Å². The summed E-state index contributed by atoms with van der Waals surface area (Å²) in [4.78, 5) is 11.9. The molecule has 4 atom stereocenters. The van der Waals surface area contributed by atoms with Crippen LogP contribution in [0.25, 0.3) is 0 Å². The van der Waals surface area contributed by atoms with Crippen molar-refractivity contribution in [1.82, 2.24) is 0 Å². The lowest BCUT2D eigenvalue weighted by Gasteiger charge is -2.35. The predicted octanol–water partition coefficient (Wildman–Crippen LogP) is 2.05. The number of benzene rings is 2. The predicted molar refractivity (Wildman–Crippen MR) is 104 cm³/mol. The molecule has 0 unspecified atom stereocenters. The molecule has 1 heterocycles. The van der Waals surface area contributed by atoms with E-state index in [-0.39, 0.29) is 0 Å². The molecule has 0 aliphatic carbocycles. The zero-order chi connectivity index (χ0) is 20.3. The molecule has 150 valence electrons. The van der Waals surface area contributed by atoms with Gasteiger partial charge in [-0.3, -0.25) is 4.79 Å². The molecule has 2 aromatic carbocycles. The average Bonchev–Trinajstić information content (AvgIpc) is 2.70. The Morgan fingerprint density at radius 1 is 1.14 bits per heavy atom. The van der Waals surface area contributed by atoms with Gasteiger partial charge >= 0.3 is 0 Å². The second-order valence-corrected chi connectivity index (χ2v) is 7.08. The van der Waals surface area contributed by atoms with Gasteiger partial charge in [-0.2, -0.15) is 0 Å². The Balaban J connectivity index is 1.83. The van der Waals surface area contributed by atoms with Crippen LogP contribution in [0, 0.1) is 0 Å². The van der Waals surface area contributed by atoms with Crippen molar-refractivity contribution in [3.05, 3.63) is 64.2 Å². The summed E-state index contributed by atoms with van der Waals surface area (Å²) < 4.78 is 11.0. The highest BCUT2D eigenvalue weighted by Crippen LogP contribution is 2.33. The Hall–Kier alpha value is -1.96. The number of rotatable bonds is 6. The lowest BCUT2D eigenvalue weighted by Crippen LogP contribution is -2.52. The van der Waals surface area contributed by atoms with E-state index in [1.165, 1.54) is 0 Å². The van der Waals surface area contributed by atoms with Crippen molar-refractivity contribution < 1.29 is 29.6 Å². The molecule has 0 radical (unpaired) electrons. The smallest absolute Gasteiger partial charge is 0.195 e. The fourth-order valence-corrected chi connectivity index (χ4v) is 3.44. The first-order valence-corrected chi connectivity index (χ1v) is 9.48. The first-order chi connectivity index (χ1) is 13.4. The monoisotopic (exact) mass is 406 g/mol. The first kappa shape index (κ1) is 20.8. The van der Waals surface area contributed by atoms with Crippen molar-refractivity contribution in [2.75, 3.05) is 13.2 Å². The summed E-state index contributed by atoms with van der Waals surface area (Å²) in [7, 11) is 0. The van der Waals surface area contributed by atoms with Crippen LogP contribution in [0.2, 0.25) is 5.02 Å². The average molecular weight is 407 g/mol. The van der Waals surface area contributed by atoms with E-state index in [4.69, 9.17) is 21.1 Å². The Kier molecular flexibility index (Phi) is 6.69. The van der Waals surface area contributed by atoms with E-state index in [2.05, 4.69) is 0 Å². The second kappa shape index (κ2) is 9.03. The Bertz CT molecular complexity index is 818. The van der Waals surface area contributed by atoms with Gasteiger partial charge in [0, 0.05) is 5.02 Å². The SMILES string of the molecule is CCOc1ccc(Cc2cc([C@@H]3O[C@H](CO)C(=O)[C@H](O)[C@H]3O)ccc2Cl)cc1. The molecule has 7 heteroatoms. The number of Topliss-reactive ketones (excluding diaryl/α,β-unsaturated/α-hetero) is 1. The highest BCUT2D eigenvalue weighted by molar-refractivity contribution is 6.31. The summed E-state index contributed by atoms with van der Waals surface area (Å²) in [5.74, 6) is 0.0633. The van der Waals surface area contributed by atoms with E-state index < -0.39 is 36.8 Å². The molecule has 0 amide bonds. The fraction of sp³-hybridized carbons (Fsp3) is 0.381. The zero-order valence-corrected chi connectivity index (χ0v) is 16.2. The molecule has 28 heavy (non-hydrogen) atoms. The maximum Gasteiger partial charge on any atom is 0.195 e. The van der Waals surface area contributed by atoms with Gasteiger partial charge in [0.15, 0.2) is 5.78 Å². The number of carbonyl (C=O) groups is 1. The molecule has 1 aliphatic rings. The molecule has 6 nitrogen and oxygen atoms in total. The normalized spacial score (nSPS) is 25.0. The number of ketones is 1. The van der Waals surface area contributed by atoms with Crippen molar-refractivity contribution >= 4 is 17.4 Å². The van der Waals surface area contributed by atoms with Crippen LogP contribution in [0.15, 0.2) is 42.5 Å². The van der Waals surface area contributed by atoms with Crippen LogP contribution in [0.1, 0.15) is 29.7 Å². The zero-order valence-electron chi connectivity index (χ0n) is 15.4. The van der Waals surface area contributed by atoms with Crippen molar-refractivity contribution in [2.24, 2.45) is 0 Å². The molecule has 0 spiro atoms. The molecule has 0 aromatic heterocycles. The highest BCUT2D eigenvalue weighted by Gasteiger charge is 2.43. The lowest BCUT2D eigenvalue weighted by atomic mass is 9.91. The van der Waals surface area contributed by atoms with Gasteiger partial charge in [-0.15, -0.1) is 0 Å². The molecular formula is C21H23ClO6. The highest BCUT2D eigenvalue weighted by atomic mass is 35.5. The molecular weight excluding hydrogens is 384 g/mol. The minimum absolute atomic E-state index is 0.548. The second-order valence-electron chi connectivity index (χ2n) is 6.67. The molecule has 0 saturated carbocycles. The van der Waals surface area contributed by atoms with Crippen LogP contribution >= 0.6 is 11.6 Å². The van der Waals surface area contributed by atoms with Crippen molar-refractivity contribution in [3.8, 4) is 5.75 Å². The van der Waals surface area contributed by atoms with Crippen LogP contribution in [-0.2, 0) is 16.0 Å². The number of aliphatic hydroxyl groups excluding tert-OH is 3. The summed E-state index contributed by atoms with van der Waals surface area (Å²) in [6.07, 6.45) is -4.60. The van der Waals surface area contributed by atoms with Gasteiger partial charge in [-0.05, 0) is 48.2 Å². The van der Waals surface area contributed by atoms with Gasteiger partial charge in [0.05, 0.1) is 13.2 Å². The van der Waals surface area contributed by atoms with Gasteiger partial charge in [0.1, 0.15) is 30.2 Å². The summed E-state index contributed by atoms with van der Waals surface area (Å²) in [6.45, 7) is 1.96. The van der Waals surface area contributed by atoms with E-state index in [9.17, 15) is 20.1 Å². The summed E-state index contributed by atoms with van der Waals surface area (Å²) in [5, 5.41) is 30.1. The minimum atomic E-state index is -1.61. The lowest BCUT2D eigenvalue weighted by molar-refractivity contribution is -0.188. The standard InChI is InChI=1S/C21H23ClO6/c1-2-27-15-6-3-12(4-7-15)9-14-10-13(5-8-16(14)22)21-20(26)19(25)18(24)17(11-23)28-21/h3-8,10,17,19-21,23,25-26H,2,9,11H2,1H3/t17-,19+,20-,21+/m1/s1. The maximum atomic E-state index is 11.9. The topological polar surface area (TPSA) is 96.2 Å². The molecule has 1 saturated heterocycles. The number of ether oxygens (including phenoxy) is 2. The van der Waals surface area contributed by atoms with Crippen LogP contribution < -0.4 is 4.74 Å². The van der Waals surface area contributed by atoms with Crippen molar-refractivity contribution in [2.45, 2.75) is 37.8 Å². The number of hydrogen-bond acceptors (Lipinski definition) is 6. The molecule has 1 fully saturated rings. The van der Waals surface area contributed by atoms with Gasteiger partial charge in [0.2, 0.25) is 0 Å². The Labute approximate surface area is 168 Å². The van der Waals surface area contributed by atoms with Crippen molar-refractivity contribution in [3.63, 3.8) is 0 Å². The number of aliphatic hydroxyl groups is 3. The quantitative estimate of drug-likeness (QED) is 0.679. The van der Waals surface area contributed by atoms with Crippen LogP contribution in [0.5, 0.6) is 5.75 Å². The Morgan fingerprint density at radius 3 is 2.50 bits per heavy atom. The third kappa shape index (κ3) is 4.37. The molecule has 3 N–H and O–H groups in total. The van der Waals surface area contributed by atoms with Gasteiger partial charge in [-0.1, -0.05) is 35.9 Å². The first-order valence-electron chi connectivity index (χ1n) is 9.10. The number of carbonyl (C=O) groups excluding carboxylic acids is 1. The Morgan fingerprint density at radius 2 is 1.86 bits per heavy atom. The fourth-order valence-electron chi connectivity index (χ4n) is 3.25. The van der Waals surface area contributed by atoms with Gasteiger partial charge in [0.25, 0.3) is 0 Å². The summed E-state index contributed by atoms with van der Waals surface area (Å²) in [6, 6.07) is 12.8. The summed E-state index contributed by atoms with van der Waals surface area (Å²) >= 11 is 6.34. The van der Waals surface area contributed by atoms with Crippen LogP contribution in [0.4, 0.5) is 0 Å². The number of hydrogen-bond donors (Lipinski definition) is 3. The van der Waals surface area contributed by atoms with E-state index in [0.717, 1.165) is 16.9 Å². The van der Waals surface area contributed by atoms with Crippen LogP contribution in [-0.4, -0.2) is 52.6 Å². The number of halogens is 1. The maximum absolute atomic E-state index is 11.9. The molecule has 2 aromatic rings. The van der Waals surface area contributed by atoms with E-state index in [1.54, 1.807) is 18.2 Å². The van der Waals surface area contributed by atoms with Gasteiger partial charge in [-0.25, -0.2) is 0 Å². The largest absolute Gasteiger partial charge is 0.494 e. The molecule has 0 bridgehead atoms. The third-order valence-corrected chi connectivity index (χ3v) is 5.12. The molecule has 1 aliphatic heterocycles. The van der Waals surface area contributed by atoms with E-state index >= 15 is 0 Å². The van der Waals surface area contributed by atoms with Gasteiger partial charge < -0.3 is 24.8 Å². The third-order valence-electron chi connectivity index (χ3n) is 4.75. The molecule has 3 rings (SSSR count).